The van der Waals surface area contributed by atoms with Crippen LogP contribution in [-0.4, -0.2) is 11.2 Å². The molecule has 1 heterocycles. The molecule has 0 spiro atoms. The number of thiazole rings is 1. The van der Waals surface area contributed by atoms with E-state index < -0.39 is 5.82 Å². The summed E-state index contributed by atoms with van der Waals surface area (Å²) in [6.07, 6.45) is 1.63. The molecule has 0 bridgehead atoms. The summed E-state index contributed by atoms with van der Waals surface area (Å²) in [6, 6.07) is 12.1. The van der Waals surface area contributed by atoms with Crippen molar-refractivity contribution < 1.29 is 9.13 Å². The van der Waals surface area contributed by atoms with Gasteiger partial charge in [0.05, 0.1) is 11.2 Å². The Labute approximate surface area is 152 Å². The third kappa shape index (κ3) is 4.68. The number of hydrazone groups is 1. The van der Waals surface area contributed by atoms with Crippen LogP contribution in [0.15, 0.2) is 52.9 Å². The van der Waals surface area contributed by atoms with Crippen molar-refractivity contribution in [2.75, 3.05) is 11.2 Å². The van der Waals surface area contributed by atoms with Crippen LogP contribution in [0.1, 0.15) is 11.1 Å². The molecule has 3 aromatic rings. The van der Waals surface area contributed by atoms with Crippen molar-refractivity contribution in [1.29, 1.82) is 0 Å². The van der Waals surface area contributed by atoms with Crippen molar-refractivity contribution in [1.82, 2.24) is 4.98 Å². The Kier molecular flexibility index (Phi) is 5.47. The van der Waals surface area contributed by atoms with Crippen LogP contribution in [-0.2, 0) is 6.61 Å². The van der Waals surface area contributed by atoms with Gasteiger partial charge in [-0.05, 0) is 23.8 Å². The van der Waals surface area contributed by atoms with E-state index in [4.69, 9.17) is 22.1 Å². The van der Waals surface area contributed by atoms with Crippen molar-refractivity contribution in [2.24, 2.45) is 5.10 Å². The van der Waals surface area contributed by atoms with E-state index in [9.17, 15) is 4.39 Å². The van der Waals surface area contributed by atoms with E-state index in [0.29, 0.717) is 22.3 Å². The van der Waals surface area contributed by atoms with Crippen LogP contribution in [0.25, 0.3) is 0 Å². The number of nitrogens with zero attached hydrogens (tertiary/aromatic N) is 2. The molecule has 0 fully saturated rings. The summed E-state index contributed by atoms with van der Waals surface area (Å²) in [5, 5.41) is 6.51. The summed E-state index contributed by atoms with van der Waals surface area (Å²) < 4.78 is 19.5. The molecule has 2 aromatic carbocycles. The second-order valence-electron chi connectivity index (χ2n) is 5.02. The fourth-order valence-electron chi connectivity index (χ4n) is 2.01. The lowest BCUT2D eigenvalue weighted by atomic mass is 10.2. The standard InChI is InChI=1S/C17H14ClFN4OS/c18-14-6-2-4-12(16(14)19)9-24-13-5-1-3-11(7-13)8-21-23-17-22-15(20)10-25-17/h1-8,10H,9,20H2,(H,22,23). The minimum atomic E-state index is -0.464. The molecule has 8 heteroatoms. The average Bonchev–Trinajstić information content (AvgIpc) is 3.02. The Morgan fingerprint density at radius 3 is 2.96 bits per heavy atom. The normalized spacial score (nSPS) is 11.0. The fraction of sp³-hybridized carbons (Fsp3) is 0.0588. The maximum absolute atomic E-state index is 13.9. The van der Waals surface area contributed by atoms with Gasteiger partial charge in [-0.2, -0.15) is 5.10 Å². The minimum Gasteiger partial charge on any atom is -0.489 e. The van der Waals surface area contributed by atoms with E-state index in [1.54, 1.807) is 35.9 Å². The summed E-state index contributed by atoms with van der Waals surface area (Å²) >= 11 is 7.13. The predicted molar refractivity (Wildman–Crippen MR) is 99.9 cm³/mol. The molecular formula is C17H14ClFN4OS. The number of nitrogen functional groups attached to an aromatic ring is 1. The molecule has 3 rings (SSSR count). The Balaban J connectivity index is 1.62. The highest BCUT2D eigenvalue weighted by Crippen LogP contribution is 2.20. The highest BCUT2D eigenvalue weighted by atomic mass is 35.5. The zero-order valence-corrected chi connectivity index (χ0v) is 14.5. The van der Waals surface area contributed by atoms with Gasteiger partial charge in [-0.25, -0.2) is 9.37 Å². The van der Waals surface area contributed by atoms with Gasteiger partial charge >= 0.3 is 0 Å². The number of nitrogens with two attached hydrogens (primary N) is 1. The Morgan fingerprint density at radius 2 is 2.16 bits per heavy atom. The molecule has 0 amide bonds. The first-order valence-corrected chi connectivity index (χ1v) is 8.53. The van der Waals surface area contributed by atoms with E-state index in [1.807, 2.05) is 12.1 Å². The summed E-state index contributed by atoms with van der Waals surface area (Å²) in [4.78, 5) is 4.04. The van der Waals surface area contributed by atoms with Crippen LogP contribution < -0.4 is 15.9 Å². The van der Waals surface area contributed by atoms with Gasteiger partial charge < -0.3 is 10.5 Å². The maximum atomic E-state index is 13.9. The molecule has 5 nitrogen and oxygen atoms in total. The van der Waals surface area contributed by atoms with Crippen molar-refractivity contribution >= 4 is 40.1 Å². The Morgan fingerprint density at radius 1 is 1.32 bits per heavy atom. The smallest absolute Gasteiger partial charge is 0.205 e. The lowest BCUT2D eigenvalue weighted by molar-refractivity contribution is 0.300. The number of nitrogens with one attached hydrogen (secondary N) is 1. The summed E-state index contributed by atoms with van der Waals surface area (Å²) in [5.74, 6) is 0.585. The molecule has 1 aromatic heterocycles. The van der Waals surface area contributed by atoms with Crippen molar-refractivity contribution in [2.45, 2.75) is 6.61 Å². The van der Waals surface area contributed by atoms with Crippen LogP contribution in [0.5, 0.6) is 5.75 Å². The summed E-state index contributed by atoms with van der Waals surface area (Å²) in [5.41, 5.74) is 9.55. The molecule has 0 aliphatic carbocycles. The van der Waals surface area contributed by atoms with Crippen LogP contribution in [0.3, 0.4) is 0 Å². The highest BCUT2D eigenvalue weighted by molar-refractivity contribution is 7.14. The van der Waals surface area contributed by atoms with Gasteiger partial charge in [0.25, 0.3) is 0 Å². The third-order valence-corrected chi connectivity index (χ3v) is 4.24. The van der Waals surface area contributed by atoms with Crippen LogP contribution in [0.4, 0.5) is 15.3 Å². The minimum absolute atomic E-state index is 0.0795. The summed E-state index contributed by atoms with van der Waals surface area (Å²) in [7, 11) is 0. The SMILES string of the molecule is Nc1csc(NN=Cc2cccc(OCc3cccc(Cl)c3F)c2)n1. The molecule has 128 valence electrons. The lowest BCUT2D eigenvalue weighted by Gasteiger charge is -2.08. The van der Waals surface area contributed by atoms with Gasteiger partial charge in [-0.1, -0.05) is 35.9 Å². The number of benzene rings is 2. The second kappa shape index (κ2) is 7.96. The number of aromatic nitrogens is 1. The molecule has 0 saturated heterocycles. The average molecular weight is 377 g/mol. The molecular weight excluding hydrogens is 363 g/mol. The number of anilines is 2. The maximum Gasteiger partial charge on any atom is 0.205 e. The second-order valence-corrected chi connectivity index (χ2v) is 6.29. The topological polar surface area (TPSA) is 72.5 Å². The van der Waals surface area contributed by atoms with Crippen molar-refractivity contribution in [3.63, 3.8) is 0 Å². The first-order chi connectivity index (χ1) is 12.1. The molecule has 25 heavy (non-hydrogen) atoms. The van der Waals surface area contributed by atoms with Gasteiger partial charge in [0.1, 0.15) is 24.0 Å². The zero-order chi connectivity index (χ0) is 17.6. The monoisotopic (exact) mass is 376 g/mol. The number of rotatable bonds is 6. The van der Waals surface area contributed by atoms with E-state index in [2.05, 4.69) is 15.5 Å². The summed E-state index contributed by atoms with van der Waals surface area (Å²) in [6.45, 7) is 0.0869. The quantitative estimate of drug-likeness (QED) is 0.489. The van der Waals surface area contributed by atoms with E-state index in [-0.39, 0.29) is 11.6 Å². The number of hydrogen-bond donors (Lipinski definition) is 2. The molecule has 0 radical (unpaired) electrons. The number of hydrogen-bond acceptors (Lipinski definition) is 6. The van der Waals surface area contributed by atoms with Crippen LogP contribution in [0.2, 0.25) is 5.02 Å². The molecule has 3 N–H and O–H groups in total. The van der Waals surface area contributed by atoms with Gasteiger partial charge in [0.15, 0.2) is 0 Å². The van der Waals surface area contributed by atoms with Crippen LogP contribution >= 0.6 is 22.9 Å². The Hall–Kier alpha value is -2.64. The number of ether oxygens (including phenoxy) is 1. The molecule has 0 aliphatic heterocycles. The van der Waals surface area contributed by atoms with Gasteiger partial charge in [0, 0.05) is 10.9 Å². The van der Waals surface area contributed by atoms with Crippen molar-refractivity contribution in [3.8, 4) is 5.75 Å². The van der Waals surface area contributed by atoms with Gasteiger partial charge in [-0.3, -0.25) is 5.43 Å². The molecule has 0 atom stereocenters. The van der Waals surface area contributed by atoms with Gasteiger partial charge in [-0.15, -0.1) is 11.3 Å². The number of halogens is 2. The van der Waals surface area contributed by atoms with E-state index >= 15 is 0 Å². The molecule has 0 unspecified atom stereocenters. The largest absolute Gasteiger partial charge is 0.489 e. The molecule has 0 aliphatic rings. The zero-order valence-electron chi connectivity index (χ0n) is 12.9. The lowest BCUT2D eigenvalue weighted by Crippen LogP contribution is -1.99. The third-order valence-electron chi connectivity index (χ3n) is 3.18. The van der Waals surface area contributed by atoms with Gasteiger partial charge in [0.2, 0.25) is 5.13 Å². The highest BCUT2D eigenvalue weighted by Gasteiger charge is 2.06. The first-order valence-electron chi connectivity index (χ1n) is 7.27. The van der Waals surface area contributed by atoms with Crippen LogP contribution in [0, 0.1) is 5.82 Å². The first kappa shape index (κ1) is 17.2. The fourth-order valence-corrected chi connectivity index (χ4v) is 2.75. The Bertz CT molecular complexity index is 900. The van der Waals surface area contributed by atoms with Crippen molar-refractivity contribution in [3.05, 3.63) is 69.8 Å². The van der Waals surface area contributed by atoms with E-state index in [0.717, 1.165) is 5.56 Å². The predicted octanol–water partition coefficient (Wildman–Crippen LogP) is 4.54. The van der Waals surface area contributed by atoms with E-state index in [1.165, 1.54) is 17.4 Å². The molecule has 0 saturated carbocycles.